The van der Waals surface area contributed by atoms with Crippen LogP contribution in [0.2, 0.25) is 0 Å². The molecule has 1 saturated carbocycles. The fourth-order valence-electron chi connectivity index (χ4n) is 2.98. The van der Waals surface area contributed by atoms with Crippen LogP contribution in [0.25, 0.3) is 0 Å². The summed E-state index contributed by atoms with van der Waals surface area (Å²) in [7, 11) is -3.03. The molecule has 0 aliphatic heterocycles. The van der Waals surface area contributed by atoms with Crippen molar-refractivity contribution in [1.82, 2.24) is 10.2 Å². The van der Waals surface area contributed by atoms with Gasteiger partial charge in [0.05, 0.1) is 22.7 Å². The molecule has 0 bridgehead atoms. The summed E-state index contributed by atoms with van der Waals surface area (Å²) in [4.78, 5) is 0. The smallest absolute Gasteiger partial charge is 0.150 e. The zero-order valence-corrected chi connectivity index (χ0v) is 13.0. The van der Waals surface area contributed by atoms with Crippen LogP contribution in [0.5, 0.6) is 0 Å². The highest BCUT2D eigenvalue weighted by atomic mass is 32.2. The molecule has 0 saturated heterocycles. The monoisotopic (exact) mass is 298 g/mol. The molecule has 1 aromatic heterocycles. The SMILES string of the molecule is Cc1cc(C(O)C2CCCC(S(C)(=O)=O)C2)c(C)nn1. The minimum absolute atomic E-state index is 0.0224. The van der Waals surface area contributed by atoms with Gasteiger partial charge in [-0.25, -0.2) is 8.42 Å². The van der Waals surface area contributed by atoms with E-state index in [-0.39, 0.29) is 11.2 Å². The van der Waals surface area contributed by atoms with Gasteiger partial charge in [-0.15, -0.1) is 0 Å². The summed E-state index contributed by atoms with van der Waals surface area (Å²) in [5.41, 5.74) is 2.25. The summed E-state index contributed by atoms with van der Waals surface area (Å²) in [6, 6.07) is 1.84. The maximum absolute atomic E-state index is 11.7. The highest BCUT2D eigenvalue weighted by Crippen LogP contribution is 2.37. The molecule has 1 aliphatic carbocycles. The largest absolute Gasteiger partial charge is 0.388 e. The van der Waals surface area contributed by atoms with Crippen LogP contribution in [0.3, 0.4) is 0 Å². The van der Waals surface area contributed by atoms with E-state index in [1.165, 1.54) is 6.26 Å². The number of nitrogens with zero attached hydrogens (tertiary/aromatic N) is 2. The van der Waals surface area contributed by atoms with Crippen LogP contribution in [0, 0.1) is 19.8 Å². The third-order valence-corrected chi connectivity index (χ3v) is 5.82. The molecule has 0 radical (unpaired) electrons. The Morgan fingerprint density at radius 2 is 2.00 bits per heavy atom. The fraction of sp³-hybridized carbons (Fsp3) is 0.714. The average molecular weight is 298 g/mol. The van der Waals surface area contributed by atoms with E-state index < -0.39 is 15.9 Å². The molecule has 112 valence electrons. The number of hydrogen-bond donors (Lipinski definition) is 1. The second-order valence-corrected chi connectivity index (χ2v) is 8.18. The molecule has 0 amide bonds. The molecule has 5 nitrogen and oxygen atoms in total. The standard InChI is InChI=1S/C14H22N2O3S/c1-9-7-13(10(2)16-15-9)14(17)11-5-4-6-12(8-11)20(3,18)19/h7,11-12,14,17H,4-6,8H2,1-3H3. The van der Waals surface area contributed by atoms with E-state index in [9.17, 15) is 13.5 Å². The first kappa shape index (κ1) is 15.4. The average Bonchev–Trinajstić information content (AvgIpc) is 2.40. The van der Waals surface area contributed by atoms with Gasteiger partial charge in [0, 0.05) is 11.8 Å². The summed E-state index contributed by atoms with van der Waals surface area (Å²) in [5, 5.41) is 18.2. The Labute approximate surface area is 120 Å². The second kappa shape index (κ2) is 5.77. The van der Waals surface area contributed by atoms with Gasteiger partial charge in [0.2, 0.25) is 0 Å². The fourth-order valence-corrected chi connectivity index (χ4v) is 4.17. The summed E-state index contributed by atoms with van der Waals surface area (Å²) in [5.74, 6) is -0.0224. The highest BCUT2D eigenvalue weighted by Gasteiger charge is 2.33. The molecule has 1 fully saturated rings. The van der Waals surface area contributed by atoms with Crippen molar-refractivity contribution in [2.24, 2.45) is 5.92 Å². The number of aromatic nitrogens is 2. The van der Waals surface area contributed by atoms with Crippen LogP contribution in [0.4, 0.5) is 0 Å². The molecule has 0 aromatic carbocycles. The predicted octanol–water partition coefficient (Wildman–Crippen LogP) is 1.73. The molecular formula is C14H22N2O3S. The lowest BCUT2D eigenvalue weighted by Gasteiger charge is -2.31. The lowest BCUT2D eigenvalue weighted by atomic mass is 9.82. The lowest BCUT2D eigenvalue weighted by Crippen LogP contribution is -2.30. The van der Waals surface area contributed by atoms with Crippen molar-refractivity contribution in [3.8, 4) is 0 Å². The lowest BCUT2D eigenvalue weighted by molar-refractivity contribution is 0.0846. The summed E-state index contributed by atoms with van der Waals surface area (Å²) >= 11 is 0. The molecule has 0 spiro atoms. The normalized spacial score (nSPS) is 25.4. The Hall–Kier alpha value is -1.01. The van der Waals surface area contributed by atoms with Crippen molar-refractivity contribution in [1.29, 1.82) is 0 Å². The number of sulfone groups is 1. The number of aliphatic hydroxyl groups is 1. The van der Waals surface area contributed by atoms with E-state index >= 15 is 0 Å². The van der Waals surface area contributed by atoms with Crippen LogP contribution in [-0.2, 0) is 9.84 Å². The van der Waals surface area contributed by atoms with Gasteiger partial charge < -0.3 is 5.11 Å². The third kappa shape index (κ3) is 3.35. The van der Waals surface area contributed by atoms with E-state index in [0.29, 0.717) is 18.5 Å². The first-order chi connectivity index (χ1) is 9.29. The van der Waals surface area contributed by atoms with Gasteiger partial charge >= 0.3 is 0 Å². The zero-order valence-electron chi connectivity index (χ0n) is 12.2. The van der Waals surface area contributed by atoms with Crippen molar-refractivity contribution in [3.05, 3.63) is 23.0 Å². The zero-order chi connectivity index (χ0) is 14.9. The van der Waals surface area contributed by atoms with E-state index in [2.05, 4.69) is 10.2 Å². The van der Waals surface area contributed by atoms with Crippen molar-refractivity contribution in [2.75, 3.05) is 6.26 Å². The minimum Gasteiger partial charge on any atom is -0.388 e. The van der Waals surface area contributed by atoms with Crippen LogP contribution in [0.1, 0.15) is 48.7 Å². The third-order valence-electron chi connectivity index (χ3n) is 4.18. The summed E-state index contributed by atoms with van der Waals surface area (Å²) < 4.78 is 23.4. The Balaban J connectivity index is 2.20. The Kier molecular flexibility index (Phi) is 4.44. The number of rotatable bonds is 3. The Morgan fingerprint density at radius 1 is 1.30 bits per heavy atom. The van der Waals surface area contributed by atoms with Gasteiger partial charge in [-0.05, 0) is 45.1 Å². The van der Waals surface area contributed by atoms with E-state index in [0.717, 1.165) is 24.1 Å². The van der Waals surface area contributed by atoms with Crippen LogP contribution >= 0.6 is 0 Å². The molecule has 3 atom stereocenters. The van der Waals surface area contributed by atoms with Gasteiger partial charge in [-0.3, -0.25) is 0 Å². The van der Waals surface area contributed by atoms with Crippen LogP contribution in [0.15, 0.2) is 6.07 Å². The van der Waals surface area contributed by atoms with Crippen LogP contribution in [-0.4, -0.2) is 35.2 Å². The first-order valence-corrected chi connectivity index (χ1v) is 8.92. The topological polar surface area (TPSA) is 80.1 Å². The van der Waals surface area contributed by atoms with Gasteiger partial charge in [-0.2, -0.15) is 10.2 Å². The molecule has 1 heterocycles. The van der Waals surface area contributed by atoms with Crippen molar-refractivity contribution in [2.45, 2.75) is 50.9 Å². The van der Waals surface area contributed by atoms with E-state index in [4.69, 9.17) is 0 Å². The van der Waals surface area contributed by atoms with E-state index in [1.54, 1.807) is 0 Å². The van der Waals surface area contributed by atoms with Crippen LogP contribution < -0.4 is 0 Å². The maximum Gasteiger partial charge on any atom is 0.150 e. The van der Waals surface area contributed by atoms with Gasteiger partial charge in [0.1, 0.15) is 9.84 Å². The molecule has 1 aliphatic rings. The number of hydrogen-bond acceptors (Lipinski definition) is 5. The second-order valence-electron chi connectivity index (χ2n) is 5.85. The first-order valence-electron chi connectivity index (χ1n) is 6.97. The highest BCUT2D eigenvalue weighted by molar-refractivity contribution is 7.91. The molecular weight excluding hydrogens is 276 g/mol. The van der Waals surface area contributed by atoms with Gasteiger partial charge in [0.25, 0.3) is 0 Å². The molecule has 3 unspecified atom stereocenters. The number of aryl methyl sites for hydroxylation is 2. The van der Waals surface area contributed by atoms with Crippen molar-refractivity contribution < 1.29 is 13.5 Å². The molecule has 20 heavy (non-hydrogen) atoms. The maximum atomic E-state index is 11.7. The quantitative estimate of drug-likeness (QED) is 0.919. The molecule has 2 rings (SSSR count). The Bertz CT molecular complexity index is 586. The summed E-state index contributed by atoms with van der Waals surface area (Å²) in [6.07, 6.45) is 3.56. The van der Waals surface area contributed by atoms with E-state index in [1.807, 2.05) is 19.9 Å². The van der Waals surface area contributed by atoms with Crippen molar-refractivity contribution in [3.63, 3.8) is 0 Å². The molecule has 6 heteroatoms. The number of aliphatic hydroxyl groups excluding tert-OH is 1. The van der Waals surface area contributed by atoms with Gasteiger partial charge in [0.15, 0.2) is 0 Å². The minimum atomic E-state index is -3.03. The summed E-state index contributed by atoms with van der Waals surface area (Å²) in [6.45, 7) is 3.66. The van der Waals surface area contributed by atoms with Crippen molar-refractivity contribution >= 4 is 9.84 Å². The Morgan fingerprint density at radius 3 is 2.65 bits per heavy atom. The predicted molar refractivity (Wildman–Crippen MR) is 77.1 cm³/mol. The van der Waals surface area contributed by atoms with Gasteiger partial charge in [-0.1, -0.05) is 6.42 Å². The molecule has 1 aromatic rings. The molecule has 1 N–H and O–H groups in total.